The molecule has 0 aromatic carbocycles. The number of nitrogens with zero attached hydrogens (tertiary/aromatic N) is 3. The van der Waals surface area contributed by atoms with Crippen molar-refractivity contribution in [2.75, 3.05) is 6.54 Å². The Morgan fingerprint density at radius 2 is 2.14 bits per heavy atom. The molecule has 0 atom stereocenters. The monoisotopic (exact) mass is 416 g/mol. The number of aryl methyl sites for hydroxylation is 2. The molecule has 3 aromatic rings. The first-order valence-corrected chi connectivity index (χ1v) is 9.19. The van der Waals surface area contributed by atoms with E-state index in [0.29, 0.717) is 38.0 Å². The smallest absolute Gasteiger partial charge is 0.354 e. The number of aromatic carboxylic acids is 1. The van der Waals surface area contributed by atoms with Crippen LogP contribution >= 0.6 is 12.4 Å². The third-order valence-corrected chi connectivity index (χ3v) is 4.88. The zero-order valence-electron chi connectivity index (χ0n) is 15.6. The molecule has 29 heavy (non-hydrogen) atoms. The molecule has 0 radical (unpaired) electrons. The van der Waals surface area contributed by atoms with Gasteiger partial charge in [-0.2, -0.15) is 5.10 Å². The molecule has 0 spiro atoms. The number of rotatable bonds is 7. The topological polar surface area (TPSA) is 110 Å². The van der Waals surface area contributed by atoms with Gasteiger partial charge in [0, 0.05) is 42.9 Å². The Morgan fingerprint density at radius 1 is 1.28 bits per heavy atom. The number of carbonyl (C=O) groups excluding carboxylic acids is 1. The Morgan fingerprint density at radius 3 is 2.90 bits per heavy atom. The lowest BCUT2D eigenvalue weighted by Gasteiger charge is -2.14. The number of aromatic nitrogens is 3. The average Bonchev–Trinajstić information content (AvgIpc) is 3.33. The minimum Gasteiger partial charge on any atom is -0.477 e. The summed E-state index contributed by atoms with van der Waals surface area (Å²) in [7, 11) is 0. The highest BCUT2D eigenvalue weighted by atomic mass is 35.5. The number of carbonyl (C=O) groups is 2. The van der Waals surface area contributed by atoms with Gasteiger partial charge in [-0.25, -0.2) is 4.79 Å². The Balaban J connectivity index is 0.00000240. The quantitative estimate of drug-likeness (QED) is 0.612. The zero-order chi connectivity index (χ0) is 19.5. The summed E-state index contributed by atoms with van der Waals surface area (Å²) in [6, 6.07) is 5.48. The molecule has 1 amide bonds. The fraction of sp³-hybridized carbons (Fsp3) is 0.300. The second-order valence-electron chi connectivity index (χ2n) is 6.67. The van der Waals surface area contributed by atoms with E-state index in [1.807, 2.05) is 12.1 Å². The molecule has 152 valence electrons. The van der Waals surface area contributed by atoms with Gasteiger partial charge in [-0.15, -0.1) is 12.4 Å². The number of amides is 1. The Bertz CT molecular complexity index is 1010. The molecule has 0 aliphatic heterocycles. The van der Waals surface area contributed by atoms with E-state index in [2.05, 4.69) is 15.4 Å². The highest BCUT2D eigenvalue weighted by Crippen LogP contribution is 2.33. The number of carboxylic acids is 1. The Hall–Kier alpha value is -3.13. The molecule has 3 heterocycles. The number of hydrogen-bond donors (Lipinski definition) is 2. The summed E-state index contributed by atoms with van der Waals surface area (Å²) < 4.78 is 6.69. The van der Waals surface area contributed by atoms with Crippen molar-refractivity contribution in [1.82, 2.24) is 20.1 Å². The molecule has 0 saturated carbocycles. The summed E-state index contributed by atoms with van der Waals surface area (Å²) in [5, 5.41) is 17.0. The molecule has 9 heteroatoms. The number of hydrogen-bond acceptors (Lipinski definition) is 5. The maximum atomic E-state index is 12.0. The van der Waals surface area contributed by atoms with Crippen molar-refractivity contribution in [1.29, 1.82) is 0 Å². The lowest BCUT2D eigenvalue weighted by molar-refractivity contribution is -0.121. The van der Waals surface area contributed by atoms with Crippen LogP contribution in [0, 0.1) is 0 Å². The molecule has 1 aliphatic carbocycles. The Labute approximate surface area is 173 Å². The lowest BCUT2D eigenvalue weighted by Crippen LogP contribution is -2.28. The van der Waals surface area contributed by atoms with Gasteiger partial charge in [0.25, 0.3) is 0 Å². The SMILES string of the molecule is Cl.O=C(CCc1ccco1)NCCn1nc2c(c1C(=O)O)CCc1cnccc1-2. The number of furan rings is 1. The summed E-state index contributed by atoms with van der Waals surface area (Å²) in [6.45, 7) is 0.600. The van der Waals surface area contributed by atoms with Gasteiger partial charge in [0.05, 0.1) is 18.5 Å². The molecule has 8 nitrogen and oxygen atoms in total. The molecule has 0 bridgehead atoms. The summed E-state index contributed by atoms with van der Waals surface area (Å²) in [5.74, 6) is -0.353. The largest absolute Gasteiger partial charge is 0.477 e. The summed E-state index contributed by atoms with van der Waals surface area (Å²) in [5.41, 5.74) is 3.64. The first-order valence-electron chi connectivity index (χ1n) is 9.19. The maximum Gasteiger partial charge on any atom is 0.354 e. The van der Waals surface area contributed by atoms with Gasteiger partial charge in [0.1, 0.15) is 11.5 Å². The van der Waals surface area contributed by atoms with Gasteiger partial charge >= 0.3 is 5.97 Å². The van der Waals surface area contributed by atoms with E-state index >= 15 is 0 Å². The highest BCUT2D eigenvalue weighted by Gasteiger charge is 2.28. The molecular weight excluding hydrogens is 396 g/mol. The number of pyridine rings is 1. The van der Waals surface area contributed by atoms with Crippen LogP contribution in [-0.4, -0.2) is 38.3 Å². The van der Waals surface area contributed by atoms with Crippen molar-refractivity contribution >= 4 is 24.3 Å². The lowest BCUT2D eigenvalue weighted by atomic mass is 9.90. The first kappa shape index (κ1) is 20.6. The number of carboxylic acid groups (broad SMARTS) is 1. The fourth-order valence-electron chi connectivity index (χ4n) is 3.55. The van der Waals surface area contributed by atoms with Gasteiger partial charge in [0.2, 0.25) is 5.91 Å². The van der Waals surface area contributed by atoms with Crippen molar-refractivity contribution < 1.29 is 19.1 Å². The summed E-state index contributed by atoms with van der Waals surface area (Å²) in [4.78, 5) is 28.0. The number of fused-ring (bicyclic) bond motifs is 3. The van der Waals surface area contributed by atoms with E-state index in [-0.39, 0.29) is 24.0 Å². The minimum atomic E-state index is -1.00. The maximum absolute atomic E-state index is 12.0. The second kappa shape index (κ2) is 8.91. The van der Waals surface area contributed by atoms with Crippen LogP contribution in [0.3, 0.4) is 0 Å². The van der Waals surface area contributed by atoms with E-state index in [4.69, 9.17) is 4.42 Å². The van der Waals surface area contributed by atoms with Gasteiger partial charge < -0.3 is 14.8 Å². The molecule has 3 aromatic heterocycles. The van der Waals surface area contributed by atoms with E-state index < -0.39 is 5.97 Å². The van der Waals surface area contributed by atoms with Gasteiger partial charge in [-0.3, -0.25) is 14.5 Å². The molecule has 0 fully saturated rings. The van der Waals surface area contributed by atoms with Crippen LogP contribution < -0.4 is 5.32 Å². The molecule has 0 unspecified atom stereocenters. The third kappa shape index (κ3) is 4.32. The van der Waals surface area contributed by atoms with Crippen molar-refractivity contribution in [3.05, 3.63) is 59.4 Å². The minimum absolute atomic E-state index is 0. The third-order valence-electron chi connectivity index (χ3n) is 4.88. The van der Waals surface area contributed by atoms with Crippen LogP contribution in [0.15, 0.2) is 41.3 Å². The van der Waals surface area contributed by atoms with Crippen molar-refractivity contribution in [3.63, 3.8) is 0 Å². The van der Waals surface area contributed by atoms with E-state index in [1.165, 1.54) is 4.68 Å². The number of halogens is 1. The van der Waals surface area contributed by atoms with Gasteiger partial charge in [-0.1, -0.05) is 0 Å². The van der Waals surface area contributed by atoms with Gasteiger partial charge in [0.15, 0.2) is 0 Å². The van der Waals surface area contributed by atoms with Crippen LogP contribution in [0.1, 0.15) is 33.8 Å². The van der Waals surface area contributed by atoms with E-state index in [1.54, 1.807) is 24.7 Å². The van der Waals surface area contributed by atoms with Gasteiger partial charge in [-0.05, 0) is 36.6 Å². The summed E-state index contributed by atoms with van der Waals surface area (Å²) in [6.07, 6.45) is 7.27. The second-order valence-corrected chi connectivity index (χ2v) is 6.67. The zero-order valence-corrected chi connectivity index (χ0v) is 16.4. The number of nitrogens with one attached hydrogen (secondary N) is 1. The van der Waals surface area contributed by atoms with Crippen LogP contribution in [0.2, 0.25) is 0 Å². The molecule has 0 saturated heterocycles. The normalized spacial score (nSPS) is 11.9. The van der Waals surface area contributed by atoms with Crippen LogP contribution in [0.4, 0.5) is 0 Å². The first-order chi connectivity index (χ1) is 13.6. The predicted octanol–water partition coefficient (Wildman–Crippen LogP) is 2.51. The molecule has 2 N–H and O–H groups in total. The van der Waals surface area contributed by atoms with Crippen molar-refractivity contribution in [2.45, 2.75) is 32.2 Å². The van der Waals surface area contributed by atoms with Crippen LogP contribution in [0.5, 0.6) is 0 Å². The van der Waals surface area contributed by atoms with Crippen molar-refractivity contribution in [2.24, 2.45) is 0 Å². The van der Waals surface area contributed by atoms with Crippen LogP contribution in [0.25, 0.3) is 11.3 Å². The highest BCUT2D eigenvalue weighted by molar-refractivity contribution is 5.90. The van der Waals surface area contributed by atoms with Crippen LogP contribution in [-0.2, 0) is 30.6 Å². The predicted molar refractivity (Wildman–Crippen MR) is 107 cm³/mol. The van der Waals surface area contributed by atoms with Crippen molar-refractivity contribution in [3.8, 4) is 11.3 Å². The Kier molecular flexibility index (Phi) is 6.33. The molecule has 1 aliphatic rings. The van der Waals surface area contributed by atoms with E-state index in [0.717, 1.165) is 28.9 Å². The summed E-state index contributed by atoms with van der Waals surface area (Å²) >= 11 is 0. The molecular formula is C20H21ClN4O4. The average molecular weight is 417 g/mol. The fourth-order valence-corrected chi connectivity index (χ4v) is 3.55. The molecule has 4 rings (SSSR count). The standard InChI is InChI=1S/C20H20N4O4.ClH/c25-17(6-4-14-2-1-11-28-14)22-9-10-24-19(20(26)27)16-5-3-13-12-21-8-7-15(13)18(16)23-24;/h1-2,7-8,11-12H,3-6,9-10H2,(H,22,25)(H,26,27);1H. The van der Waals surface area contributed by atoms with E-state index in [9.17, 15) is 14.7 Å².